The molecule has 0 bridgehead atoms. The van der Waals surface area contributed by atoms with Crippen LogP contribution in [0, 0.1) is 11.6 Å². The van der Waals surface area contributed by atoms with Crippen molar-refractivity contribution >= 4 is 40.2 Å². The van der Waals surface area contributed by atoms with Gasteiger partial charge in [0, 0.05) is 11.1 Å². The highest BCUT2D eigenvalue weighted by molar-refractivity contribution is 6.31. The topological polar surface area (TPSA) is 43.8 Å². The van der Waals surface area contributed by atoms with Crippen molar-refractivity contribution in [2.24, 2.45) is 0 Å². The van der Waals surface area contributed by atoms with Crippen molar-refractivity contribution in [1.29, 1.82) is 0 Å². The smallest absolute Gasteiger partial charge is 0.205 e. The summed E-state index contributed by atoms with van der Waals surface area (Å²) >= 11 is 11.6. The van der Waals surface area contributed by atoms with Crippen LogP contribution in [0.3, 0.4) is 0 Å². The summed E-state index contributed by atoms with van der Waals surface area (Å²) < 4.78 is 28.3. The Labute approximate surface area is 122 Å². The molecule has 0 saturated heterocycles. The van der Waals surface area contributed by atoms with E-state index in [1.807, 2.05) is 0 Å². The molecule has 0 aliphatic rings. The molecule has 0 atom stereocenters. The number of aromatic nitrogens is 2. The van der Waals surface area contributed by atoms with Crippen molar-refractivity contribution in [3.63, 3.8) is 0 Å². The van der Waals surface area contributed by atoms with E-state index < -0.39 is 11.6 Å². The van der Waals surface area contributed by atoms with Crippen LogP contribution in [0.5, 0.6) is 0 Å². The molecule has 0 unspecified atom stereocenters. The number of fused-ring (bicyclic) bond motifs is 1. The second-order valence-electron chi connectivity index (χ2n) is 4.19. The SMILES string of the molecule is Nc1nc2cc(F)c(Cl)cc2n1-c1cc(F)cc(Cl)c1. The summed E-state index contributed by atoms with van der Waals surface area (Å²) in [6, 6.07) is 6.51. The molecule has 0 radical (unpaired) electrons. The molecule has 0 saturated carbocycles. The number of anilines is 1. The minimum atomic E-state index is -0.596. The largest absolute Gasteiger partial charge is 0.369 e. The van der Waals surface area contributed by atoms with E-state index in [1.165, 1.54) is 34.9 Å². The Kier molecular flexibility index (Phi) is 3.03. The van der Waals surface area contributed by atoms with Crippen LogP contribution in [0.1, 0.15) is 0 Å². The van der Waals surface area contributed by atoms with Gasteiger partial charge in [0.1, 0.15) is 11.6 Å². The first kappa shape index (κ1) is 13.1. The van der Waals surface area contributed by atoms with Crippen molar-refractivity contribution in [1.82, 2.24) is 9.55 Å². The first-order valence-electron chi connectivity index (χ1n) is 5.55. The van der Waals surface area contributed by atoms with E-state index in [4.69, 9.17) is 28.9 Å². The highest BCUT2D eigenvalue weighted by atomic mass is 35.5. The van der Waals surface area contributed by atoms with Gasteiger partial charge in [0.25, 0.3) is 0 Å². The molecule has 0 aliphatic heterocycles. The fraction of sp³-hybridized carbons (Fsp3) is 0. The van der Waals surface area contributed by atoms with E-state index in [9.17, 15) is 8.78 Å². The Hall–Kier alpha value is -1.85. The molecule has 2 aromatic carbocycles. The summed E-state index contributed by atoms with van der Waals surface area (Å²) in [4.78, 5) is 4.03. The van der Waals surface area contributed by atoms with Crippen LogP contribution in [-0.2, 0) is 0 Å². The predicted octanol–water partition coefficient (Wildman–Crippen LogP) is 4.19. The maximum Gasteiger partial charge on any atom is 0.205 e. The summed E-state index contributed by atoms with van der Waals surface area (Å²) in [5.74, 6) is -1.02. The molecule has 0 aliphatic carbocycles. The van der Waals surface area contributed by atoms with Crippen LogP contribution in [-0.4, -0.2) is 9.55 Å². The zero-order chi connectivity index (χ0) is 14.4. The third kappa shape index (κ3) is 2.09. The van der Waals surface area contributed by atoms with Crippen LogP contribution >= 0.6 is 23.2 Å². The lowest BCUT2D eigenvalue weighted by molar-refractivity contribution is 0.626. The lowest BCUT2D eigenvalue weighted by Gasteiger charge is -2.07. The second-order valence-corrected chi connectivity index (χ2v) is 5.03. The third-order valence-electron chi connectivity index (χ3n) is 2.83. The van der Waals surface area contributed by atoms with Crippen LogP contribution in [0.15, 0.2) is 30.3 Å². The van der Waals surface area contributed by atoms with Crippen molar-refractivity contribution < 1.29 is 8.78 Å². The molecule has 2 N–H and O–H groups in total. The van der Waals surface area contributed by atoms with E-state index in [1.54, 1.807) is 0 Å². The van der Waals surface area contributed by atoms with Gasteiger partial charge in [-0.25, -0.2) is 13.8 Å². The molecule has 3 rings (SSSR count). The Morgan fingerprint density at radius 2 is 1.80 bits per heavy atom. The van der Waals surface area contributed by atoms with Gasteiger partial charge in [0.15, 0.2) is 0 Å². The Morgan fingerprint density at radius 1 is 1.05 bits per heavy atom. The Balaban J connectivity index is 2.35. The number of rotatable bonds is 1. The lowest BCUT2D eigenvalue weighted by atomic mass is 10.2. The van der Waals surface area contributed by atoms with Crippen molar-refractivity contribution in [3.8, 4) is 5.69 Å². The monoisotopic (exact) mass is 313 g/mol. The molecule has 1 heterocycles. The minimum absolute atomic E-state index is 0.0684. The maximum atomic E-state index is 13.5. The lowest BCUT2D eigenvalue weighted by Crippen LogP contribution is -2.01. The molecular weight excluding hydrogens is 307 g/mol. The number of nitrogens with two attached hydrogens (primary N) is 1. The Morgan fingerprint density at radius 3 is 2.50 bits per heavy atom. The third-order valence-corrected chi connectivity index (χ3v) is 3.34. The summed E-state index contributed by atoms with van der Waals surface area (Å²) in [5.41, 5.74) is 6.99. The van der Waals surface area contributed by atoms with Crippen LogP contribution < -0.4 is 5.73 Å². The number of imidazole rings is 1. The van der Waals surface area contributed by atoms with Crippen LogP contribution in [0.4, 0.5) is 14.7 Å². The number of hydrogen-bond donors (Lipinski definition) is 1. The number of nitrogen functional groups attached to an aromatic ring is 1. The molecular formula is C13H7Cl2F2N3. The number of nitrogens with zero attached hydrogens (tertiary/aromatic N) is 2. The zero-order valence-electron chi connectivity index (χ0n) is 9.87. The second kappa shape index (κ2) is 4.61. The van der Waals surface area contributed by atoms with Gasteiger partial charge in [-0.2, -0.15) is 0 Å². The summed E-state index contributed by atoms with van der Waals surface area (Å²) in [7, 11) is 0. The van der Waals surface area contributed by atoms with Gasteiger partial charge in [0.2, 0.25) is 5.95 Å². The summed E-state index contributed by atoms with van der Waals surface area (Å²) in [6.45, 7) is 0. The number of halogens is 4. The van der Waals surface area contributed by atoms with Crippen molar-refractivity contribution in [2.45, 2.75) is 0 Å². The van der Waals surface area contributed by atoms with E-state index >= 15 is 0 Å². The van der Waals surface area contributed by atoms with Crippen molar-refractivity contribution in [3.05, 3.63) is 52.0 Å². The highest BCUT2D eigenvalue weighted by Gasteiger charge is 2.14. The zero-order valence-corrected chi connectivity index (χ0v) is 11.4. The molecule has 1 aromatic heterocycles. The van der Waals surface area contributed by atoms with Gasteiger partial charge in [0.05, 0.1) is 21.7 Å². The van der Waals surface area contributed by atoms with Gasteiger partial charge in [-0.1, -0.05) is 23.2 Å². The summed E-state index contributed by atoms with van der Waals surface area (Å²) in [6.07, 6.45) is 0. The Bertz CT molecular complexity index is 810. The molecule has 0 amide bonds. The van der Waals surface area contributed by atoms with E-state index in [-0.39, 0.29) is 16.0 Å². The van der Waals surface area contributed by atoms with Crippen molar-refractivity contribution in [2.75, 3.05) is 5.73 Å². The van der Waals surface area contributed by atoms with Crippen LogP contribution in [0.25, 0.3) is 16.7 Å². The molecule has 20 heavy (non-hydrogen) atoms. The van der Waals surface area contributed by atoms with Gasteiger partial charge >= 0.3 is 0 Å². The van der Waals surface area contributed by atoms with E-state index in [0.29, 0.717) is 16.7 Å². The molecule has 0 spiro atoms. The fourth-order valence-electron chi connectivity index (χ4n) is 2.03. The molecule has 3 nitrogen and oxygen atoms in total. The number of benzene rings is 2. The minimum Gasteiger partial charge on any atom is -0.369 e. The predicted molar refractivity (Wildman–Crippen MR) is 75.4 cm³/mol. The van der Waals surface area contributed by atoms with E-state index in [2.05, 4.69) is 4.98 Å². The standard InChI is InChI=1S/C13H7Cl2F2N3/c14-6-1-7(16)3-8(2-6)20-12-4-9(15)10(17)5-11(12)19-13(20)18/h1-5H,(H2,18,19). The first-order chi connectivity index (χ1) is 9.45. The summed E-state index contributed by atoms with van der Waals surface area (Å²) in [5, 5.41) is 0.149. The normalized spacial score (nSPS) is 11.2. The van der Waals surface area contributed by atoms with Gasteiger partial charge in [-0.3, -0.25) is 4.57 Å². The average molecular weight is 314 g/mol. The first-order valence-corrected chi connectivity index (χ1v) is 6.31. The van der Waals surface area contributed by atoms with Gasteiger partial charge in [-0.15, -0.1) is 0 Å². The molecule has 3 aromatic rings. The van der Waals surface area contributed by atoms with Crippen LogP contribution in [0.2, 0.25) is 10.0 Å². The maximum absolute atomic E-state index is 13.5. The average Bonchev–Trinajstić information content (AvgIpc) is 2.64. The van der Waals surface area contributed by atoms with Gasteiger partial charge < -0.3 is 5.73 Å². The highest BCUT2D eigenvalue weighted by Crippen LogP contribution is 2.29. The molecule has 0 fully saturated rings. The molecule has 7 heteroatoms. The fourth-order valence-corrected chi connectivity index (χ4v) is 2.40. The van der Waals surface area contributed by atoms with Gasteiger partial charge in [-0.05, 0) is 24.3 Å². The quantitative estimate of drug-likeness (QED) is 0.732. The van der Waals surface area contributed by atoms with E-state index in [0.717, 1.165) is 0 Å². The number of hydrogen-bond acceptors (Lipinski definition) is 2. The molecule has 102 valence electrons.